The summed E-state index contributed by atoms with van der Waals surface area (Å²) in [7, 11) is 0. The van der Waals surface area contributed by atoms with Crippen molar-refractivity contribution in [1.82, 2.24) is 4.98 Å². The number of benzene rings is 2. The zero-order valence-corrected chi connectivity index (χ0v) is 14.7. The third kappa shape index (κ3) is 3.65. The summed E-state index contributed by atoms with van der Waals surface area (Å²) in [6.45, 7) is 3.98. The van der Waals surface area contributed by atoms with Crippen molar-refractivity contribution in [2.24, 2.45) is 5.73 Å². The number of fused-ring (bicyclic) bond motifs is 1. The van der Waals surface area contributed by atoms with Crippen molar-refractivity contribution in [3.63, 3.8) is 0 Å². The molecule has 4 heteroatoms. The Bertz CT molecular complexity index is 958. The molecular formula is C21H24N2O2. The molecule has 0 bridgehead atoms. The number of aliphatic hydroxyl groups excluding tert-OH is 1. The quantitative estimate of drug-likeness (QED) is 0.670. The number of aromatic nitrogens is 1. The van der Waals surface area contributed by atoms with Gasteiger partial charge >= 0.3 is 0 Å². The van der Waals surface area contributed by atoms with Crippen LogP contribution >= 0.6 is 0 Å². The first kappa shape index (κ1) is 17.4. The fourth-order valence-corrected chi connectivity index (χ4v) is 3.23. The summed E-state index contributed by atoms with van der Waals surface area (Å²) in [4.78, 5) is 15.0. The van der Waals surface area contributed by atoms with Gasteiger partial charge in [-0.1, -0.05) is 43.3 Å². The SMILES string of the molecule is CCc1cc2ccc([C@@](C)(N)Cc3cccc(CO)c3)cc2[nH]c1=O. The Morgan fingerprint density at radius 3 is 2.60 bits per heavy atom. The molecule has 25 heavy (non-hydrogen) atoms. The van der Waals surface area contributed by atoms with Crippen LogP contribution in [0.3, 0.4) is 0 Å². The van der Waals surface area contributed by atoms with Crippen molar-refractivity contribution in [3.05, 3.63) is 81.1 Å². The largest absolute Gasteiger partial charge is 0.392 e. The Hall–Kier alpha value is -2.43. The minimum Gasteiger partial charge on any atom is -0.392 e. The predicted octanol–water partition coefficient (Wildman–Crippen LogP) is 3.00. The number of aliphatic hydroxyl groups is 1. The second kappa shape index (κ2) is 6.82. The zero-order valence-electron chi connectivity index (χ0n) is 14.7. The van der Waals surface area contributed by atoms with Gasteiger partial charge in [-0.2, -0.15) is 0 Å². The van der Waals surface area contributed by atoms with Crippen LogP contribution in [0.5, 0.6) is 0 Å². The monoisotopic (exact) mass is 336 g/mol. The average molecular weight is 336 g/mol. The van der Waals surface area contributed by atoms with E-state index in [9.17, 15) is 9.90 Å². The molecule has 0 aliphatic carbocycles. The van der Waals surface area contributed by atoms with Crippen LogP contribution in [0.2, 0.25) is 0 Å². The molecular weight excluding hydrogens is 312 g/mol. The summed E-state index contributed by atoms with van der Waals surface area (Å²) in [6, 6.07) is 15.8. The van der Waals surface area contributed by atoms with Gasteiger partial charge in [0.05, 0.1) is 6.61 Å². The summed E-state index contributed by atoms with van der Waals surface area (Å²) in [5.74, 6) is 0. The summed E-state index contributed by atoms with van der Waals surface area (Å²) >= 11 is 0. The maximum Gasteiger partial charge on any atom is 0.251 e. The third-order valence-electron chi connectivity index (χ3n) is 4.71. The molecule has 1 atom stereocenters. The summed E-state index contributed by atoms with van der Waals surface area (Å²) in [5, 5.41) is 10.3. The van der Waals surface area contributed by atoms with E-state index < -0.39 is 5.54 Å². The van der Waals surface area contributed by atoms with Gasteiger partial charge in [0, 0.05) is 16.6 Å². The summed E-state index contributed by atoms with van der Waals surface area (Å²) in [5.41, 5.74) is 10.5. The van der Waals surface area contributed by atoms with E-state index in [1.807, 2.05) is 62.4 Å². The number of pyridine rings is 1. The van der Waals surface area contributed by atoms with Crippen molar-refractivity contribution >= 4 is 10.9 Å². The average Bonchev–Trinajstić information content (AvgIpc) is 2.60. The molecule has 0 aliphatic heterocycles. The highest BCUT2D eigenvalue weighted by Gasteiger charge is 2.22. The van der Waals surface area contributed by atoms with Gasteiger partial charge in [0.15, 0.2) is 0 Å². The number of rotatable bonds is 5. The van der Waals surface area contributed by atoms with Crippen LogP contribution in [0.25, 0.3) is 10.9 Å². The lowest BCUT2D eigenvalue weighted by Crippen LogP contribution is -2.35. The fraction of sp³-hybridized carbons (Fsp3) is 0.286. The topological polar surface area (TPSA) is 79.1 Å². The van der Waals surface area contributed by atoms with Gasteiger partial charge in [0.25, 0.3) is 5.56 Å². The van der Waals surface area contributed by atoms with Crippen LogP contribution in [-0.4, -0.2) is 10.1 Å². The van der Waals surface area contributed by atoms with Crippen LogP contribution in [0.15, 0.2) is 53.3 Å². The van der Waals surface area contributed by atoms with E-state index in [0.29, 0.717) is 12.8 Å². The molecule has 130 valence electrons. The standard InChI is InChI=1S/C21H24N2O2/c1-3-16-10-17-7-8-18(11-19(17)23-20(16)25)21(2,22)12-14-5-4-6-15(9-14)13-24/h4-11,24H,3,12-13,22H2,1-2H3,(H,23,25)/t21-/m0/s1. The molecule has 4 N–H and O–H groups in total. The Kier molecular flexibility index (Phi) is 4.75. The number of hydrogen-bond donors (Lipinski definition) is 3. The molecule has 0 amide bonds. The van der Waals surface area contributed by atoms with Gasteiger partial charge < -0.3 is 15.8 Å². The van der Waals surface area contributed by atoms with Crippen molar-refractivity contribution in [3.8, 4) is 0 Å². The van der Waals surface area contributed by atoms with E-state index in [-0.39, 0.29) is 12.2 Å². The van der Waals surface area contributed by atoms with Crippen LogP contribution < -0.4 is 11.3 Å². The minimum absolute atomic E-state index is 0.0199. The predicted molar refractivity (Wildman–Crippen MR) is 102 cm³/mol. The minimum atomic E-state index is -0.581. The molecule has 0 fully saturated rings. The van der Waals surface area contributed by atoms with Crippen molar-refractivity contribution in [2.75, 3.05) is 0 Å². The van der Waals surface area contributed by atoms with Gasteiger partial charge in [-0.05, 0) is 54.0 Å². The van der Waals surface area contributed by atoms with E-state index in [0.717, 1.165) is 33.2 Å². The molecule has 0 radical (unpaired) electrons. The van der Waals surface area contributed by atoms with Crippen LogP contribution in [-0.2, 0) is 25.0 Å². The maximum absolute atomic E-state index is 12.1. The van der Waals surface area contributed by atoms with E-state index in [4.69, 9.17) is 5.73 Å². The second-order valence-electron chi connectivity index (χ2n) is 6.85. The van der Waals surface area contributed by atoms with E-state index in [1.165, 1.54) is 0 Å². The molecule has 0 aliphatic rings. The molecule has 2 aromatic carbocycles. The van der Waals surface area contributed by atoms with E-state index in [1.54, 1.807) is 0 Å². The molecule has 4 nitrogen and oxygen atoms in total. The fourth-order valence-electron chi connectivity index (χ4n) is 3.23. The lowest BCUT2D eigenvalue weighted by molar-refractivity contribution is 0.281. The molecule has 3 rings (SSSR count). The van der Waals surface area contributed by atoms with Gasteiger partial charge in [-0.3, -0.25) is 4.79 Å². The van der Waals surface area contributed by atoms with Crippen LogP contribution in [0.1, 0.15) is 36.1 Å². The number of aryl methyl sites for hydroxylation is 1. The Morgan fingerprint density at radius 2 is 1.88 bits per heavy atom. The number of aromatic amines is 1. The number of H-pyrrole nitrogens is 1. The van der Waals surface area contributed by atoms with Gasteiger partial charge in [0.2, 0.25) is 0 Å². The molecule has 0 spiro atoms. The van der Waals surface area contributed by atoms with E-state index >= 15 is 0 Å². The first-order valence-electron chi connectivity index (χ1n) is 8.57. The van der Waals surface area contributed by atoms with Crippen molar-refractivity contribution in [1.29, 1.82) is 0 Å². The lowest BCUT2D eigenvalue weighted by Gasteiger charge is -2.26. The maximum atomic E-state index is 12.1. The van der Waals surface area contributed by atoms with Gasteiger partial charge in [-0.15, -0.1) is 0 Å². The summed E-state index contributed by atoms with van der Waals surface area (Å²) < 4.78 is 0. The highest BCUT2D eigenvalue weighted by atomic mass is 16.3. The zero-order chi connectivity index (χ0) is 18.0. The number of hydrogen-bond acceptors (Lipinski definition) is 3. The normalized spacial score (nSPS) is 13.8. The highest BCUT2D eigenvalue weighted by molar-refractivity contribution is 5.80. The Morgan fingerprint density at radius 1 is 1.12 bits per heavy atom. The third-order valence-corrected chi connectivity index (χ3v) is 4.71. The molecule has 1 aromatic heterocycles. The van der Waals surface area contributed by atoms with E-state index in [2.05, 4.69) is 4.98 Å². The second-order valence-corrected chi connectivity index (χ2v) is 6.85. The smallest absolute Gasteiger partial charge is 0.251 e. The Balaban J connectivity index is 1.97. The molecule has 0 unspecified atom stereocenters. The van der Waals surface area contributed by atoms with Crippen LogP contribution in [0, 0.1) is 0 Å². The number of nitrogens with one attached hydrogen (secondary N) is 1. The molecule has 1 heterocycles. The van der Waals surface area contributed by atoms with Gasteiger partial charge in [0.1, 0.15) is 0 Å². The van der Waals surface area contributed by atoms with Crippen molar-refractivity contribution < 1.29 is 5.11 Å². The van der Waals surface area contributed by atoms with Crippen molar-refractivity contribution in [2.45, 2.75) is 38.8 Å². The van der Waals surface area contributed by atoms with Crippen LogP contribution in [0.4, 0.5) is 0 Å². The molecule has 3 aromatic rings. The molecule has 0 saturated heterocycles. The Labute approximate surface area is 147 Å². The number of nitrogens with two attached hydrogens (primary N) is 1. The summed E-state index contributed by atoms with van der Waals surface area (Å²) in [6.07, 6.45) is 1.35. The lowest BCUT2D eigenvalue weighted by atomic mass is 9.85. The van der Waals surface area contributed by atoms with Gasteiger partial charge in [-0.25, -0.2) is 0 Å². The molecule has 0 saturated carbocycles. The first-order chi connectivity index (χ1) is 11.9. The highest BCUT2D eigenvalue weighted by Crippen LogP contribution is 2.26. The first-order valence-corrected chi connectivity index (χ1v) is 8.57.